The molecule has 132 valence electrons. The van der Waals surface area contributed by atoms with Crippen LogP contribution >= 0.6 is 11.8 Å². The van der Waals surface area contributed by atoms with Gasteiger partial charge >= 0.3 is 0 Å². The van der Waals surface area contributed by atoms with E-state index in [4.69, 9.17) is 0 Å². The minimum absolute atomic E-state index is 0.0229. The first-order chi connectivity index (χ1) is 11.4. The highest BCUT2D eigenvalue weighted by Gasteiger charge is 2.20. The summed E-state index contributed by atoms with van der Waals surface area (Å²) in [6, 6.07) is 2.83. The van der Waals surface area contributed by atoms with E-state index in [1.165, 1.54) is 12.1 Å². The minimum Gasteiger partial charge on any atom is -0.287 e. The Morgan fingerprint density at radius 1 is 1.25 bits per heavy atom. The fourth-order valence-electron chi connectivity index (χ4n) is 2.49. The molecule has 0 aromatic heterocycles. The maximum absolute atomic E-state index is 14.3. The van der Waals surface area contributed by atoms with Gasteiger partial charge in [0, 0.05) is 17.4 Å². The Kier molecular flexibility index (Phi) is 6.83. The molecule has 1 atom stereocenters. The van der Waals surface area contributed by atoms with Crippen LogP contribution in [-0.2, 0) is 0 Å². The molecule has 2 rings (SSSR count). The highest BCUT2D eigenvalue weighted by atomic mass is 32.2. The third-order valence-electron chi connectivity index (χ3n) is 3.74. The van der Waals surface area contributed by atoms with Gasteiger partial charge < -0.3 is 0 Å². The number of thioether (sulfide) groups is 1. The number of alkyl halides is 4. The molecule has 0 amide bonds. The molecule has 0 bridgehead atoms. The van der Waals surface area contributed by atoms with E-state index in [0.717, 1.165) is 11.8 Å². The Morgan fingerprint density at radius 3 is 2.67 bits per heavy atom. The SMILES string of the molecule is Cc1cc(F)c(C2C=CCCC(C(F)F)=NC2)cc1SCC(F)F. The molecule has 0 radical (unpaired) electrons. The monoisotopic (exact) mass is 363 g/mol. The molecular formula is C17H18F5NS. The normalized spacial score (nSPS) is 18.7. The average Bonchev–Trinajstić information content (AvgIpc) is 2.46. The average molecular weight is 363 g/mol. The van der Waals surface area contributed by atoms with Gasteiger partial charge in [-0.2, -0.15) is 0 Å². The highest BCUT2D eigenvalue weighted by Crippen LogP contribution is 2.31. The van der Waals surface area contributed by atoms with E-state index in [1.807, 2.05) is 0 Å². The summed E-state index contributed by atoms with van der Waals surface area (Å²) in [5, 5.41) is 0. The zero-order chi connectivity index (χ0) is 17.7. The second-order valence-electron chi connectivity index (χ2n) is 5.55. The van der Waals surface area contributed by atoms with E-state index < -0.39 is 24.6 Å². The van der Waals surface area contributed by atoms with Crippen LogP contribution in [0, 0.1) is 12.7 Å². The van der Waals surface area contributed by atoms with Gasteiger partial charge in [-0.25, -0.2) is 22.0 Å². The van der Waals surface area contributed by atoms with Crippen molar-refractivity contribution >= 4 is 17.5 Å². The van der Waals surface area contributed by atoms with Crippen molar-refractivity contribution in [3.8, 4) is 0 Å². The molecule has 7 heteroatoms. The van der Waals surface area contributed by atoms with E-state index in [1.54, 1.807) is 19.1 Å². The first-order valence-corrected chi connectivity index (χ1v) is 8.56. The predicted octanol–water partition coefficient (Wildman–Crippen LogP) is 5.63. The van der Waals surface area contributed by atoms with Crippen LogP contribution in [0.2, 0.25) is 0 Å². The summed E-state index contributed by atoms with van der Waals surface area (Å²) < 4.78 is 64.8. The molecule has 0 fully saturated rings. The van der Waals surface area contributed by atoms with E-state index in [0.29, 0.717) is 22.4 Å². The first kappa shape index (κ1) is 19.0. The Morgan fingerprint density at radius 2 is 2.00 bits per heavy atom. The summed E-state index contributed by atoms with van der Waals surface area (Å²) in [6.45, 7) is 1.68. The van der Waals surface area contributed by atoms with Crippen LogP contribution in [0.5, 0.6) is 0 Å². The van der Waals surface area contributed by atoms with Gasteiger partial charge in [-0.15, -0.1) is 11.8 Å². The number of benzene rings is 1. The van der Waals surface area contributed by atoms with Crippen molar-refractivity contribution in [1.82, 2.24) is 0 Å². The van der Waals surface area contributed by atoms with Gasteiger partial charge in [0.2, 0.25) is 6.43 Å². The number of hydrogen-bond acceptors (Lipinski definition) is 2. The lowest BCUT2D eigenvalue weighted by Crippen LogP contribution is -2.15. The van der Waals surface area contributed by atoms with Gasteiger partial charge in [-0.05, 0) is 43.0 Å². The van der Waals surface area contributed by atoms with Crippen LogP contribution in [0.4, 0.5) is 22.0 Å². The Hall–Kier alpha value is -1.37. The molecule has 1 nitrogen and oxygen atoms in total. The lowest BCUT2D eigenvalue weighted by Gasteiger charge is -2.18. The molecule has 1 aliphatic rings. The van der Waals surface area contributed by atoms with Crippen molar-refractivity contribution in [2.24, 2.45) is 4.99 Å². The van der Waals surface area contributed by atoms with Crippen LogP contribution in [0.1, 0.15) is 29.9 Å². The summed E-state index contributed by atoms with van der Waals surface area (Å²) in [7, 11) is 0. The summed E-state index contributed by atoms with van der Waals surface area (Å²) >= 11 is 0.960. The molecule has 24 heavy (non-hydrogen) atoms. The molecule has 1 heterocycles. The lowest BCUT2D eigenvalue weighted by atomic mass is 9.95. The molecule has 0 N–H and O–H groups in total. The van der Waals surface area contributed by atoms with Gasteiger partial charge in [0.1, 0.15) is 5.82 Å². The van der Waals surface area contributed by atoms with Crippen LogP contribution in [0.25, 0.3) is 0 Å². The number of aryl methyl sites for hydroxylation is 1. The van der Waals surface area contributed by atoms with Gasteiger partial charge in [0.15, 0.2) is 0 Å². The van der Waals surface area contributed by atoms with Crippen molar-refractivity contribution in [1.29, 1.82) is 0 Å². The second kappa shape index (κ2) is 8.65. The Balaban J connectivity index is 2.28. The molecule has 0 saturated carbocycles. The Bertz CT molecular complexity index is 628. The maximum atomic E-state index is 14.3. The highest BCUT2D eigenvalue weighted by molar-refractivity contribution is 7.99. The zero-order valence-corrected chi connectivity index (χ0v) is 13.9. The quantitative estimate of drug-likeness (QED) is 0.375. The van der Waals surface area contributed by atoms with Crippen LogP contribution in [0.15, 0.2) is 34.2 Å². The van der Waals surface area contributed by atoms with Crippen molar-refractivity contribution in [3.63, 3.8) is 0 Å². The topological polar surface area (TPSA) is 12.4 Å². The minimum atomic E-state index is -2.61. The number of hydrogen-bond donors (Lipinski definition) is 0. The second-order valence-corrected chi connectivity index (χ2v) is 6.61. The van der Waals surface area contributed by atoms with Crippen molar-refractivity contribution in [3.05, 3.63) is 41.2 Å². The largest absolute Gasteiger partial charge is 0.287 e. The van der Waals surface area contributed by atoms with E-state index in [2.05, 4.69) is 4.99 Å². The summed E-state index contributed by atoms with van der Waals surface area (Å²) in [6.07, 6.45) is -0.972. The summed E-state index contributed by atoms with van der Waals surface area (Å²) in [4.78, 5) is 4.50. The Labute approximate surface area is 142 Å². The molecular weight excluding hydrogens is 345 g/mol. The van der Waals surface area contributed by atoms with Crippen molar-refractivity contribution < 1.29 is 22.0 Å². The maximum Gasteiger partial charge on any atom is 0.276 e. The molecule has 1 aliphatic heterocycles. The molecule has 1 unspecified atom stereocenters. The number of rotatable bonds is 5. The molecule has 0 aliphatic carbocycles. The van der Waals surface area contributed by atoms with E-state index in [-0.39, 0.29) is 24.4 Å². The lowest BCUT2D eigenvalue weighted by molar-refractivity contribution is 0.177. The van der Waals surface area contributed by atoms with E-state index >= 15 is 0 Å². The molecule has 1 aromatic rings. The van der Waals surface area contributed by atoms with Gasteiger partial charge in [0.05, 0.1) is 11.5 Å². The summed E-state index contributed by atoms with van der Waals surface area (Å²) in [5.41, 5.74) is 0.700. The fourth-order valence-corrected chi connectivity index (χ4v) is 3.29. The van der Waals surface area contributed by atoms with Crippen molar-refractivity contribution in [2.75, 3.05) is 12.3 Å². The fraction of sp³-hybridized carbons (Fsp3) is 0.471. The first-order valence-electron chi connectivity index (χ1n) is 7.57. The predicted molar refractivity (Wildman–Crippen MR) is 87.3 cm³/mol. The standard InChI is InChI=1S/C17H18F5NS/c1-10-6-13(18)12(7-15(10)24-9-16(19)20)11-4-2-3-5-14(17(21)22)23-8-11/h2,4,6-7,11,16-17H,3,5,8-9H2,1H3. The molecule has 0 spiro atoms. The number of halogens is 5. The van der Waals surface area contributed by atoms with Gasteiger partial charge in [0.25, 0.3) is 6.43 Å². The third kappa shape index (κ3) is 5.06. The van der Waals surface area contributed by atoms with Crippen LogP contribution in [0.3, 0.4) is 0 Å². The van der Waals surface area contributed by atoms with Crippen LogP contribution < -0.4 is 0 Å². The van der Waals surface area contributed by atoms with Gasteiger partial charge in [-0.1, -0.05) is 12.2 Å². The number of nitrogens with zero attached hydrogens (tertiary/aromatic N) is 1. The van der Waals surface area contributed by atoms with Crippen molar-refractivity contribution in [2.45, 2.75) is 43.4 Å². The third-order valence-corrected chi connectivity index (χ3v) is 4.91. The number of aliphatic imine (C=N–C) groups is 1. The van der Waals surface area contributed by atoms with Crippen LogP contribution in [-0.4, -0.2) is 30.9 Å². The molecule has 0 saturated heterocycles. The molecule has 1 aromatic carbocycles. The summed E-state index contributed by atoms with van der Waals surface area (Å²) in [5.74, 6) is -1.33. The van der Waals surface area contributed by atoms with Gasteiger partial charge in [-0.3, -0.25) is 4.99 Å². The number of allylic oxidation sites excluding steroid dienone is 1. The van der Waals surface area contributed by atoms with E-state index in [9.17, 15) is 22.0 Å². The zero-order valence-electron chi connectivity index (χ0n) is 13.1. The smallest absolute Gasteiger partial charge is 0.276 e.